The first-order valence-electron chi connectivity index (χ1n) is 7.14. The molecule has 1 saturated carbocycles. The third-order valence-corrected chi connectivity index (χ3v) is 3.44. The lowest BCUT2D eigenvalue weighted by atomic mass is 10.1. The van der Waals surface area contributed by atoms with E-state index < -0.39 is 0 Å². The van der Waals surface area contributed by atoms with Gasteiger partial charge < -0.3 is 10.2 Å². The zero-order valence-electron chi connectivity index (χ0n) is 12.1. The Morgan fingerprint density at radius 1 is 1.32 bits per heavy atom. The summed E-state index contributed by atoms with van der Waals surface area (Å²) in [6.07, 6.45) is 2.30. The largest absolute Gasteiger partial charge is 0.334 e. The standard InChI is InChI=1S/C16H24N2O/c1-12(2)17-10-16(19)18(15-8-9-15)11-14-6-4-13(3)5-7-14/h4-7,12,15,17H,8-11H2,1-3H3. The molecule has 0 atom stereocenters. The quantitative estimate of drug-likeness (QED) is 0.852. The molecule has 1 N–H and O–H groups in total. The van der Waals surface area contributed by atoms with E-state index in [1.807, 2.05) is 4.90 Å². The zero-order valence-corrected chi connectivity index (χ0v) is 12.1. The summed E-state index contributed by atoms with van der Waals surface area (Å²) in [4.78, 5) is 14.3. The molecule has 19 heavy (non-hydrogen) atoms. The van der Waals surface area contributed by atoms with Crippen molar-refractivity contribution in [2.75, 3.05) is 6.54 Å². The smallest absolute Gasteiger partial charge is 0.237 e. The van der Waals surface area contributed by atoms with E-state index in [0.717, 1.165) is 19.4 Å². The topological polar surface area (TPSA) is 32.3 Å². The minimum Gasteiger partial charge on any atom is -0.334 e. The number of hydrogen-bond acceptors (Lipinski definition) is 2. The Bertz CT molecular complexity index is 421. The normalized spacial score (nSPS) is 14.7. The molecule has 0 heterocycles. The molecule has 1 aliphatic carbocycles. The van der Waals surface area contributed by atoms with Gasteiger partial charge in [0.15, 0.2) is 0 Å². The Hall–Kier alpha value is -1.35. The van der Waals surface area contributed by atoms with Crippen LogP contribution >= 0.6 is 0 Å². The minimum atomic E-state index is 0.219. The second-order valence-corrected chi connectivity index (χ2v) is 5.77. The fourth-order valence-corrected chi connectivity index (χ4v) is 2.09. The van der Waals surface area contributed by atoms with E-state index in [4.69, 9.17) is 0 Å². The summed E-state index contributed by atoms with van der Waals surface area (Å²) in [5, 5.41) is 3.21. The molecule has 0 aromatic heterocycles. The van der Waals surface area contributed by atoms with E-state index in [2.05, 4.69) is 50.4 Å². The fourth-order valence-electron chi connectivity index (χ4n) is 2.09. The van der Waals surface area contributed by atoms with Gasteiger partial charge in [0.2, 0.25) is 5.91 Å². The highest BCUT2D eigenvalue weighted by atomic mass is 16.2. The molecule has 0 spiro atoms. The number of benzene rings is 1. The van der Waals surface area contributed by atoms with Crippen LogP contribution in [0.4, 0.5) is 0 Å². The van der Waals surface area contributed by atoms with Crippen LogP contribution < -0.4 is 5.32 Å². The molecule has 1 aromatic rings. The molecule has 1 aromatic carbocycles. The van der Waals surface area contributed by atoms with E-state index in [0.29, 0.717) is 18.6 Å². The first-order valence-corrected chi connectivity index (χ1v) is 7.14. The van der Waals surface area contributed by atoms with Crippen LogP contribution in [0.15, 0.2) is 24.3 Å². The van der Waals surface area contributed by atoms with Crippen LogP contribution in [-0.2, 0) is 11.3 Å². The maximum absolute atomic E-state index is 12.3. The number of carbonyl (C=O) groups excluding carboxylic acids is 1. The first kappa shape index (κ1) is 14.1. The average molecular weight is 260 g/mol. The van der Waals surface area contributed by atoms with Crippen LogP contribution in [0, 0.1) is 6.92 Å². The van der Waals surface area contributed by atoms with E-state index in [1.54, 1.807) is 0 Å². The van der Waals surface area contributed by atoms with Gasteiger partial charge in [-0.25, -0.2) is 0 Å². The Morgan fingerprint density at radius 3 is 2.47 bits per heavy atom. The fraction of sp³-hybridized carbons (Fsp3) is 0.562. The molecule has 0 radical (unpaired) electrons. The Labute approximate surface area is 116 Å². The molecule has 104 valence electrons. The Balaban J connectivity index is 1.96. The van der Waals surface area contributed by atoms with E-state index in [-0.39, 0.29) is 5.91 Å². The van der Waals surface area contributed by atoms with E-state index in [9.17, 15) is 4.79 Å². The van der Waals surface area contributed by atoms with Gasteiger partial charge in [-0.15, -0.1) is 0 Å². The Morgan fingerprint density at radius 2 is 1.95 bits per heavy atom. The van der Waals surface area contributed by atoms with Crippen molar-refractivity contribution in [3.63, 3.8) is 0 Å². The van der Waals surface area contributed by atoms with Crippen molar-refractivity contribution in [2.45, 2.75) is 52.2 Å². The summed E-state index contributed by atoms with van der Waals surface area (Å²) in [6.45, 7) is 7.40. The highest BCUT2D eigenvalue weighted by Crippen LogP contribution is 2.28. The van der Waals surface area contributed by atoms with Gasteiger partial charge in [-0.3, -0.25) is 4.79 Å². The molecule has 0 bridgehead atoms. The van der Waals surface area contributed by atoms with Crippen molar-refractivity contribution in [3.05, 3.63) is 35.4 Å². The summed E-state index contributed by atoms with van der Waals surface area (Å²) in [5.41, 5.74) is 2.48. The highest BCUT2D eigenvalue weighted by molar-refractivity contribution is 5.79. The van der Waals surface area contributed by atoms with Crippen molar-refractivity contribution in [1.82, 2.24) is 10.2 Å². The van der Waals surface area contributed by atoms with Gasteiger partial charge in [0.25, 0.3) is 0 Å². The van der Waals surface area contributed by atoms with Crippen LogP contribution in [0.5, 0.6) is 0 Å². The number of amides is 1. The van der Waals surface area contributed by atoms with Crippen LogP contribution in [-0.4, -0.2) is 29.4 Å². The van der Waals surface area contributed by atoms with Crippen LogP contribution in [0.3, 0.4) is 0 Å². The summed E-state index contributed by atoms with van der Waals surface area (Å²) in [7, 11) is 0. The average Bonchev–Trinajstić information content (AvgIpc) is 3.19. The van der Waals surface area contributed by atoms with Crippen molar-refractivity contribution >= 4 is 5.91 Å². The van der Waals surface area contributed by atoms with E-state index >= 15 is 0 Å². The summed E-state index contributed by atoms with van der Waals surface area (Å²) in [6, 6.07) is 9.27. The van der Waals surface area contributed by atoms with Crippen molar-refractivity contribution < 1.29 is 4.79 Å². The number of aryl methyl sites for hydroxylation is 1. The molecule has 0 saturated heterocycles. The van der Waals surface area contributed by atoms with Crippen LogP contribution in [0.2, 0.25) is 0 Å². The molecule has 0 unspecified atom stereocenters. The maximum Gasteiger partial charge on any atom is 0.237 e. The van der Waals surface area contributed by atoms with Gasteiger partial charge in [-0.2, -0.15) is 0 Å². The molecule has 1 amide bonds. The number of nitrogens with one attached hydrogen (secondary N) is 1. The SMILES string of the molecule is Cc1ccc(CN(C(=O)CNC(C)C)C2CC2)cc1. The lowest BCUT2D eigenvalue weighted by Crippen LogP contribution is -2.41. The van der Waals surface area contributed by atoms with Gasteiger partial charge in [-0.05, 0) is 25.3 Å². The van der Waals surface area contributed by atoms with Gasteiger partial charge in [0, 0.05) is 18.6 Å². The number of rotatable bonds is 6. The lowest BCUT2D eigenvalue weighted by molar-refractivity contribution is -0.131. The molecule has 2 rings (SSSR count). The second kappa shape index (κ2) is 6.20. The monoisotopic (exact) mass is 260 g/mol. The molecule has 1 aliphatic rings. The molecular weight excluding hydrogens is 236 g/mol. The van der Waals surface area contributed by atoms with Crippen molar-refractivity contribution in [1.29, 1.82) is 0 Å². The second-order valence-electron chi connectivity index (χ2n) is 5.77. The number of carbonyl (C=O) groups is 1. The van der Waals surface area contributed by atoms with Crippen LogP contribution in [0.1, 0.15) is 37.8 Å². The molecule has 3 nitrogen and oxygen atoms in total. The zero-order chi connectivity index (χ0) is 13.8. The van der Waals surface area contributed by atoms with Gasteiger partial charge in [0.05, 0.1) is 6.54 Å². The van der Waals surface area contributed by atoms with Gasteiger partial charge in [0.1, 0.15) is 0 Å². The molecule has 1 fully saturated rings. The predicted octanol–water partition coefficient (Wildman–Crippen LogP) is 2.48. The van der Waals surface area contributed by atoms with Gasteiger partial charge in [-0.1, -0.05) is 43.7 Å². The van der Waals surface area contributed by atoms with Crippen molar-refractivity contribution in [2.24, 2.45) is 0 Å². The maximum atomic E-state index is 12.3. The molecular formula is C16H24N2O. The van der Waals surface area contributed by atoms with Crippen molar-refractivity contribution in [3.8, 4) is 0 Å². The Kier molecular flexibility index (Phi) is 4.59. The summed E-state index contributed by atoms with van der Waals surface area (Å²) in [5.74, 6) is 0.219. The summed E-state index contributed by atoms with van der Waals surface area (Å²) < 4.78 is 0. The van der Waals surface area contributed by atoms with E-state index in [1.165, 1.54) is 11.1 Å². The molecule has 3 heteroatoms. The minimum absolute atomic E-state index is 0.219. The highest BCUT2D eigenvalue weighted by Gasteiger charge is 2.32. The molecule has 0 aliphatic heterocycles. The number of nitrogens with zero attached hydrogens (tertiary/aromatic N) is 1. The lowest BCUT2D eigenvalue weighted by Gasteiger charge is -2.23. The third-order valence-electron chi connectivity index (χ3n) is 3.44. The number of hydrogen-bond donors (Lipinski definition) is 1. The summed E-state index contributed by atoms with van der Waals surface area (Å²) >= 11 is 0. The third kappa shape index (κ3) is 4.35. The predicted molar refractivity (Wildman–Crippen MR) is 77.9 cm³/mol. The van der Waals surface area contributed by atoms with Crippen LogP contribution in [0.25, 0.3) is 0 Å². The first-order chi connectivity index (χ1) is 9.06. The van der Waals surface area contributed by atoms with Gasteiger partial charge >= 0.3 is 0 Å².